The number of benzene rings is 2. The van der Waals surface area contributed by atoms with Gasteiger partial charge in [0.25, 0.3) is 0 Å². The van der Waals surface area contributed by atoms with Crippen LogP contribution < -0.4 is 14.6 Å². The van der Waals surface area contributed by atoms with E-state index in [4.69, 9.17) is 9.73 Å². The molecule has 0 amide bonds. The van der Waals surface area contributed by atoms with E-state index in [-0.39, 0.29) is 11.2 Å². The van der Waals surface area contributed by atoms with Crippen LogP contribution in [0.4, 0.5) is 5.69 Å². The SMILES string of the molecule is CN(C)Cc1cccc(OCCCN=C2NC(CO)=N[N+]2(C)c2ccccc2)c1. The molecule has 7 nitrogen and oxygen atoms in total. The zero-order chi connectivity index (χ0) is 20.7. The van der Waals surface area contributed by atoms with Crippen molar-refractivity contribution in [2.24, 2.45) is 10.1 Å². The molecule has 0 fully saturated rings. The van der Waals surface area contributed by atoms with Crippen LogP contribution >= 0.6 is 0 Å². The van der Waals surface area contributed by atoms with E-state index in [0.717, 1.165) is 24.4 Å². The molecule has 29 heavy (non-hydrogen) atoms. The Morgan fingerprint density at radius 3 is 2.66 bits per heavy atom. The van der Waals surface area contributed by atoms with Crippen LogP contribution in [0, 0.1) is 0 Å². The average Bonchev–Trinajstić information content (AvgIpc) is 3.05. The van der Waals surface area contributed by atoms with Gasteiger partial charge in [0.2, 0.25) is 0 Å². The molecule has 3 rings (SSSR count). The lowest BCUT2D eigenvalue weighted by Gasteiger charge is -2.21. The molecular weight excluding hydrogens is 366 g/mol. The van der Waals surface area contributed by atoms with E-state index >= 15 is 0 Å². The number of nitrogens with zero attached hydrogens (tertiary/aromatic N) is 4. The van der Waals surface area contributed by atoms with E-state index in [9.17, 15) is 5.11 Å². The molecule has 2 aromatic carbocycles. The summed E-state index contributed by atoms with van der Waals surface area (Å²) in [6, 6.07) is 18.1. The Morgan fingerprint density at radius 2 is 1.93 bits per heavy atom. The average molecular weight is 397 g/mol. The van der Waals surface area contributed by atoms with Gasteiger partial charge >= 0.3 is 5.96 Å². The van der Waals surface area contributed by atoms with Crippen molar-refractivity contribution in [3.63, 3.8) is 0 Å². The molecule has 0 aliphatic carbocycles. The van der Waals surface area contributed by atoms with E-state index in [1.165, 1.54) is 5.56 Å². The van der Waals surface area contributed by atoms with Crippen molar-refractivity contribution in [1.29, 1.82) is 0 Å². The molecule has 0 saturated carbocycles. The van der Waals surface area contributed by atoms with Crippen molar-refractivity contribution < 1.29 is 9.84 Å². The zero-order valence-electron chi connectivity index (χ0n) is 17.4. The number of aliphatic imine (C=N–C) groups is 1. The summed E-state index contributed by atoms with van der Waals surface area (Å²) in [4.78, 5) is 6.84. The van der Waals surface area contributed by atoms with Crippen LogP contribution in [0.1, 0.15) is 12.0 Å². The highest BCUT2D eigenvalue weighted by atomic mass is 16.5. The van der Waals surface area contributed by atoms with Crippen molar-refractivity contribution in [3.8, 4) is 5.75 Å². The highest BCUT2D eigenvalue weighted by molar-refractivity contribution is 6.09. The number of nitrogens with one attached hydrogen (secondary N) is 1. The Bertz CT molecular complexity index is 867. The Morgan fingerprint density at radius 1 is 1.14 bits per heavy atom. The number of ether oxygens (including phenoxy) is 1. The van der Waals surface area contributed by atoms with Crippen LogP contribution in [0.15, 0.2) is 64.7 Å². The maximum Gasteiger partial charge on any atom is 0.335 e. The quantitative estimate of drug-likeness (QED) is 0.505. The van der Waals surface area contributed by atoms with Gasteiger partial charge in [-0.2, -0.15) is 0 Å². The molecule has 7 heteroatoms. The molecule has 0 spiro atoms. The Balaban J connectivity index is 1.57. The highest BCUT2D eigenvalue weighted by Gasteiger charge is 2.40. The van der Waals surface area contributed by atoms with E-state index in [2.05, 4.69) is 41.5 Å². The first-order chi connectivity index (χ1) is 14.0. The summed E-state index contributed by atoms with van der Waals surface area (Å²) in [5.74, 6) is 2.10. The fourth-order valence-electron chi connectivity index (χ4n) is 3.24. The number of aliphatic hydroxyl groups is 1. The number of quaternary nitrogens is 1. The van der Waals surface area contributed by atoms with E-state index in [1.54, 1.807) is 0 Å². The fraction of sp³-hybridized carbons (Fsp3) is 0.364. The molecule has 1 heterocycles. The number of aliphatic hydroxyl groups excluding tert-OH is 1. The molecular formula is C22H30N5O2+. The predicted octanol–water partition coefficient (Wildman–Crippen LogP) is 2.42. The number of hydrogen-bond donors (Lipinski definition) is 2. The topological polar surface area (TPSA) is 69.5 Å². The van der Waals surface area contributed by atoms with Gasteiger partial charge in [0, 0.05) is 31.6 Å². The second-order valence-corrected chi connectivity index (χ2v) is 7.42. The lowest BCUT2D eigenvalue weighted by Crippen LogP contribution is -2.47. The Labute approximate surface area is 172 Å². The Kier molecular flexibility index (Phi) is 6.98. The maximum atomic E-state index is 9.49. The summed E-state index contributed by atoms with van der Waals surface area (Å²) < 4.78 is 6.06. The summed E-state index contributed by atoms with van der Waals surface area (Å²) in [5, 5.41) is 17.2. The molecule has 2 aromatic rings. The number of hydrogen-bond acceptors (Lipinski definition) is 5. The highest BCUT2D eigenvalue weighted by Crippen LogP contribution is 2.24. The summed E-state index contributed by atoms with van der Waals surface area (Å²) in [6.45, 7) is 1.94. The summed E-state index contributed by atoms with van der Waals surface area (Å²) in [6.07, 6.45) is 0.784. The van der Waals surface area contributed by atoms with Gasteiger partial charge in [-0.1, -0.05) is 35.4 Å². The summed E-state index contributed by atoms with van der Waals surface area (Å²) >= 11 is 0. The number of guanidine groups is 1. The van der Waals surface area contributed by atoms with Crippen molar-refractivity contribution >= 4 is 17.5 Å². The fourth-order valence-corrected chi connectivity index (χ4v) is 3.24. The van der Waals surface area contributed by atoms with Crippen LogP contribution in [-0.4, -0.2) is 62.7 Å². The van der Waals surface area contributed by atoms with E-state index in [0.29, 0.717) is 24.9 Å². The molecule has 0 radical (unpaired) electrons. The third kappa shape index (κ3) is 5.41. The molecule has 1 unspecified atom stereocenters. The van der Waals surface area contributed by atoms with Crippen LogP contribution in [0.25, 0.3) is 0 Å². The van der Waals surface area contributed by atoms with Crippen molar-refractivity contribution in [2.75, 3.05) is 40.9 Å². The molecule has 1 aliphatic rings. The largest absolute Gasteiger partial charge is 0.494 e. The van der Waals surface area contributed by atoms with Gasteiger partial charge in [-0.05, 0) is 31.8 Å². The lowest BCUT2D eigenvalue weighted by atomic mass is 10.2. The predicted molar refractivity (Wildman–Crippen MR) is 118 cm³/mol. The van der Waals surface area contributed by atoms with Crippen LogP contribution in [-0.2, 0) is 6.54 Å². The first-order valence-electron chi connectivity index (χ1n) is 9.82. The van der Waals surface area contributed by atoms with Gasteiger partial charge in [-0.25, -0.2) is 4.99 Å². The minimum atomic E-state index is -0.147. The maximum absolute atomic E-state index is 9.49. The summed E-state index contributed by atoms with van der Waals surface area (Å²) in [7, 11) is 6.06. The van der Waals surface area contributed by atoms with Gasteiger partial charge in [0.15, 0.2) is 11.5 Å². The standard InChI is InChI=1S/C22H30N5O2/c1-26(2)16-18-9-7-12-20(15-18)29-14-8-13-23-22-24-21(17-28)25-27(22,3)19-10-5-4-6-11-19/h4-7,9-12,15,28H,8,13-14,16-17H2,1-3H3,(H,23,24,25)/q+1. The molecule has 0 aromatic heterocycles. The molecule has 0 bridgehead atoms. The normalized spacial score (nSPS) is 20.0. The molecule has 154 valence electrons. The molecule has 2 N–H and O–H groups in total. The first-order valence-corrected chi connectivity index (χ1v) is 9.82. The number of para-hydroxylation sites is 1. The second-order valence-electron chi connectivity index (χ2n) is 7.42. The van der Waals surface area contributed by atoms with E-state index < -0.39 is 0 Å². The van der Waals surface area contributed by atoms with Crippen LogP contribution in [0.2, 0.25) is 0 Å². The second kappa shape index (κ2) is 9.65. The smallest absolute Gasteiger partial charge is 0.335 e. The van der Waals surface area contributed by atoms with Gasteiger partial charge in [0.1, 0.15) is 19.4 Å². The molecule has 1 atom stereocenters. The van der Waals surface area contributed by atoms with Gasteiger partial charge in [0.05, 0.1) is 6.61 Å². The minimum Gasteiger partial charge on any atom is -0.494 e. The number of rotatable bonds is 9. The van der Waals surface area contributed by atoms with Crippen molar-refractivity contribution in [3.05, 3.63) is 60.2 Å². The molecule has 0 saturated heterocycles. The molecule has 1 aliphatic heterocycles. The van der Waals surface area contributed by atoms with Gasteiger partial charge < -0.3 is 14.7 Å². The van der Waals surface area contributed by atoms with Crippen molar-refractivity contribution in [1.82, 2.24) is 14.8 Å². The van der Waals surface area contributed by atoms with Crippen LogP contribution in [0.5, 0.6) is 5.75 Å². The van der Waals surface area contributed by atoms with Gasteiger partial charge in [-0.15, -0.1) is 4.59 Å². The third-order valence-corrected chi connectivity index (χ3v) is 4.63. The lowest BCUT2D eigenvalue weighted by molar-refractivity contribution is 0.312. The third-order valence-electron chi connectivity index (χ3n) is 4.63. The first kappa shape index (κ1) is 21.0. The van der Waals surface area contributed by atoms with Crippen LogP contribution in [0.3, 0.4) is 0 Å². The van der Waals surface area contributed by atoms with E-state index in [1.807, 2.05) is 49.5 Å². The monoisotopic (exact) mass is 396 g/mol. The van der Waals surface area contributed by atoms with Crippen molar-refractivity contribution in [2.45, 2.75) is 13.0 Å². The number of amidine groups is 1. The van der Waals surface area contributed by atoms with Gasteiger partial charge in [-0.3, -0.25) is 5.32 Å². The minimum absolute atomic E-state index is 0.147. The zero-order valence-corrected chi connectivity index (χ0v) is 17.4. The summed E-state index contributed by atoms with van der Waals surface area (Å²) in [5.41, 5.74) is 2.21. The Hall–Kier alpha value is -2.74.